The molecule has 0 radical (unpaired) electrons. The van der Waals surface area contributed by atoms with E-state index in [0.29, 0.717) is 25.4 Å². The van der Waals surface area contributed by atoms with Crippen molar-refractivity contribution in [2.45, 2.75) is 26.3 Å². The first-order valence-corrected chi connectivity index (χ1v) is 10.8. The molecule has 0 aliphatic carbocycles. The minimum Gasteiger partial charge on any atom is -0.379 e. The number of amides is 1. The van der Waals surface area contributed by atoms with Crippen molar-refractivity contribution in [3.8, 4) is 0 Å². The summed E-state index contributed by atoms with van der Waals surface area (Å²) >= 11 is 0. The van der Waals surface area contributed by atoms with Crippen molar-refractivity contribution in [2.24, 2.45) is 0 Å². The molecule has 1 aliphatic rings. The molecular formula is C18H29N3O4S. The highest BCUT2D eigenvalue weighted by atomic mass is 32.2. The van der Waals surface area contributed by atoms with Gasteiger partial charge in [-0.1, -0.05) is 19.1 Å². The fraction of sp³-hybridized carbons (Fsp3) is 0.611. The second-order valence-corrected chi connectivity index (χ2v) is 8.36. The summed E-state index contributed by atoms with van der Waals surface area (Å²) in [6.45, 7) is 7.98. The first kappa shape index (κ1) is 20.7. The fourth-order valence-electron chi connectivity index (χ4n) is 3.00. The predicted molar refractivity (Wildman–Crippen MR) is 103 cm³/mol. The van der Waals surface area contributed by atoms with Crippen LogP contribution in [0, 0.1) is 0 Å². The molecule has 1 saturated heterocycles. The van der Waals surface area contributed by atoms with E-state index in [9.17, 15) is 13.2 Å². The maximum absolute atomic E-state index is 12.5. The quantitative estimate of drug-likeness (QED) is 0.720. The molecule has 0 saturated carbocycles. The van der Waals surface area contributed by atoms with Crippen LogP contribution in [0.3, 0.4) is 0 Å². The average molecular weight is 384 g/mol. The molecule has 0 bridgehead atoms. The number of aryl methyl sites for hydroxylation is 1. The van der Waals surface area contributed by atoms with Crippen LogP contribution in [0.5, 0.6) is 0 Å². The van der Waals surface area contributed by atoms with Crippen molar-refractivity contribution in [2.75, 3.05) is 50.0 Å². The number of hydrogen-bond acceptors (Lipinski definition) is 5. The zero-order chi connectivity index (χ0) is 19.2. The Bertz CT molecular complexity index is 685. The van der Waals surface area contributed by atoms with Crippen molar-refractivity contribution in [1.29, 1.82) is 0 Å². The van der Waals surface area contributed by atoms with Gasteiger partial charge in [-0.2, -0.15) is 0 Å². The van der Waals surface area contributed by atoms with Gasteiger partial charge in [0.15, 0.2) is 0 Å². The first-order chi connectivity index (χ1) is 12.3. The number of ether oxygens (including phenoxy) is 1. The van der Waals surface area contributed by atoms with E-state index in [2.05, 4.69) is 10.2 Å². The minimum atomic E-state index is -3.58. The van der Waals surface area contributed by atoms with Gasteiger partial charge in [0, 0.05) is 26.2 Å². The van der Waals surface area contributed by atoms with Crippen LogP contribution in [-0.2, 0) is 26.0 Å². The molecule has 0 spiro atoms. The molecule has 1 aromatic carbocycles. The molecule has 1 heterocycles. The molecule has 8 heteroatoms. The molecule has 7 nitrogen and oxygen atoms in total. The van der Waals surface area contributed by atoms with Crippen LogP contribution in [0.1, 0.15) is 19.4 Å². The van der Waals surface area contributed by atoms with Gasteiger partial charge < -0.3 is 10.1 Å². The zero-order valence-electron chi connectivity index (χ0n) is 15.8. The van der Waals surface area contributed by atoms with Crippen molar-refractivity contribution >= 4 is 21.6 Å². The van der Waals surface area contributed by atoms with E-state index in [4.69, 9.17) is 4.74 Å². The molecule has 1 N–H and O–H groups in total. The number of benzene rings is 1. The molecular weight excluding hydrogens is 354 g/mol. The van der Waals surface area contributed by atoms with E-state index in [1.54, 1.807) is 19.1 Å². The lowest BCUT2D eigenvalue weighted by Gasteiger charge is -2.29. The van der Waals surface area contributed by atoms with Gasteiger partial charge in [0.05, 0.1) is 25.2 Å². The molecule has 146 valence electrons. The number of nitrogens with zero attached hydrogens (tertiary/aromatic N) is 2. The Balaban J connectivity index is 2.00. The van der Waals surface area contributed by atoms with Crippen LogP contribution in [0.15, 0.2) is 24.3 Å². The third-order valence-corrected chi connectivity index (χ3v) is 5.76. The van der Waals surface area contributed by atoms with Crippen LogP contribution >= 0.6 is 0 Å². The summed E-state index contributed by atoms with van der Waals surface area (Å²) in [6.07, 6.45) is 2.00. The fourth-order valence-corrected chi connectivity index (χ4v) is 4.17. The lowest BCUT2D eigenvalue weighted by atomic mass is 10.1. The van der Waals surface area contributed by atoms with E-state index in [0.717, 1.165) is 37.9 Å². The van der Waals surface area contributed by atoms with Gasteiger partial charge in [-0.15, -0.1) is 0 Å². The molecule has 26 heavy (non-hydrogen) atoms. The highest BCUT2D eigenvalue weighted by molar-refractivity contribution is 7.92. The van der Waals surface area contributed by atoms with Gasteiger partial charge in [-0.3, -0.25) is 14.0 Å². The number of rotatable bonds is 8. The van der Waals surface area contributed by atoms with Crippen LogP contribution in [0.25, 0.3) is 0 Å². The van der Waals surface area contributed by atoms with Gasteiger partial charge >= 0.3 is 0 Å². The van der Waals surface area contributed by atoms with E-state index < -0.39 is 16.1 Å². The van der Waals surface area contributed by atoms with Gasteiger partial charge in [0.2, 0.25) is 15.9 Å². The summed E-state index contributed by atoms with van der Waals surface area (Å²) in [5.74, 6) is -0.303. The Kier molecular flexibility index (Phi) is 7.43. The highest BCUT2D eigenvalue weighted by Crippen LogP contribution is 2.21. The van der Waals surface area contributed by atoms with Crippen molar-refractivity contribution in [1.82, 2.24) is 10.2 Å². The monoisotopic (exact) mass is 383 g/mol. The number of carbonyl (C=O) groups is 1. The zero-order valence-corrected chi connectivity index (χ0v) is 16.6. The summed E-state index contributed by atoms with van der Waals surface area (Å²) < 4.78 is 31.0. The van der Waals surface area contributed by atoms with E-state index >= 15 is 0 Å². The summed E-state index contributed by atoms with van der Waals surface area (Å²) in [6, 6.07) is 6.45. The molecule has 1 aromatic rings. The maximum Gasteiger partial charge on any atom is 0.243 e. The topological polar surface area (TPSA) is 79.0 Å². The molecule has 1 amide bonds. The first-order valence-electron chi connectivity index (χ1n) is 8.99. The Morgan fingerprint density at radius 3 is 2.42 bits per heavy atom. The standard InChI is InChI=1S/C18H29N3O4S/c1-4-16-5-7-17(8-6-16)21(26(3,23)24)15(2)18(22)19-9-10-20-11-13-25-14-12-20/h5-8,15H,4,9-14H2,1-3H3,(H,19,22)/t15-/m0/s1. The highest BCUT2D eigenvalue weighted by Gasteiger charge is 2.29. The number of sulfonamides is 1. The van der Waals surface area contributed by atoms with Crippen molar-refractivity contribution in [3.63, 3.8) is 0 Å². The summed E-state index contributed by atoms with van der Waals surface area (Å²) in [5.41, 5.74) is 1.62. The lowest BCUT2D eigenvalue weighted by Crippen LogP contribution is -2.49. The van der Waals surface area contributed by atoms with Crippen LogP contribution in [0.4, 0.5) is 5.69 Å². The van der Waals surface area contributed by atoms with E-state index in [1.165, 1.54) is 4.31 Å². The predicted octanol–water partition coefficient (Wildman–Crippen LogP) is 0.852. The third-order valence-electron chi connectivity index (χ3n) is 4.52. The number of morpholine rings is 1. The van der Waals surface area contributed by atoms with Gasteiger partial charge in [-0.05, 0) is 31.0 Å². The van der Waals surface area contributed by atoms with Crippen LogP contribution in [0.2, 0.25) is 0 Å². The summed E-state index contributed by atoms with van der Waals surface area (Å²) in [4.78, 5) is 14.7. The van der Waals surface area contributed by atoms with Crippen molar-refractivity contribution in [3.05, 3.63) is 29.8 Å². The smallest absolute Gasteiger partial charge is 0.243 e. The van der Waals surface area contributed by atoms with Crippen molar-refractivity contribution < 1.29 is 17.9 Å². The van der Waals surface area contributed by atoms with Gasteiger partial charge in [-0.25, -0.2) is 8.42 Å². The molecule has 1 fully saturated rings. The second kappa shape index (κ2) is 9.34. The molecule has 0 unspecified atom stereocenters. The number of nitrogens with one attached hydrogen (secondary N) is 1. The SMILES string of the molecule is CCc1ccc(N([C@@H](C)C(=O)NCCN2CCOCC2)S(C)(=O)=O)cc1. The van der Waals surface area contributed by atoms with E-state index in [1.807, 2.05) is 19.1 Å². The largest absolute Gasteiger partial charge is 0.379 e. The molecule has 1 atom stereocenters. The van der Waals surface area contributed by atoms with Crippen LogP contribution in [-0.4, -0.2) is 70.9 Å². The molecule has 1 aliphatic heterocycles. The molecule has 0 aromatic heterocycles. The Morgan fingerprint density at radius 2 is 1.88 bits per heavy atom. The minimum absolute atomic E-state index is 0.303. The Labute approximate surface area is 156 Å². The Hall–Kier alpha value is -1.64. The number of hydrogen-bond donors (Lipinski definition) is 1. The van der Waals surface area contributed by atoms with E-state index in [-0.39, 0.29) is 5.91 Å². The summed E-state index contributed by atoms with van der Waals surface area (Å²) in [5, 5.41) is 2.85. The van der Waals surface area contributed by atoms with Crippen LogP contribution < -0.4 is 9.62 Å². The summed E-state index contributed by atoms with van der Waals surface area (Å²) in [7, 11) is -3.58. The number of carbonyl (C=O) groups excluding carboxylic acids is 1. The third kappa shape index (κ3) is 5.69. The molecule has 2 rings (SSSR count). The maximum atomic E-state index is 12.5. The second-order valence-electron chi connectivity index (χ2n) is 6.50. The normalized spacial score (nSPS) is 16.9. The Morgan fingerprint density at radius 1 is 1.27 bits per heavy atom. The average Bonchev–Trinajstić information content (AvgIpc) is 2.62. The lowest BCUT2D eigenvalue weighted by molar-refractivity contribution is -0.121. The van der Waals surface area contributed by atoms with Gasteiger partial charge in [0.25, 0.3) is 0 Å². The number of anilines is 1. The van der Waals surface area contributed by atoms with Gasteiger partial charge in [0.1, 0.15) is 6.04 Å².